The lowest BCUT2D eigenvalue weighted by Gasteiger charge is -2.47. The van der Waals surface area contributed by atoms with E-state index in [4.69, 9.17) is 4.98 Å². The first-order valence-corrected chi connectivity index (χ1v) is 11.5. The molecule has 1 aromatic carbocycles. The number of benzene rings is 1. The number of carbonyl (C=O) groups is 2. The zero-order valence-electron chi connectivity index (χ0n) is 17.0. The number of anilines is 2. The van der Waals surface area contributed by atoms with Gasteiger partial charge in [0.15, 0.2) is 0 Å². The molecule has 30 heavy (non-hydrogen) atoms. The van der Waals surface area contributed by atoms with Crippen molar-refractivity contribution in [3.8, 4) is 0 Å². The van der Waals surface area contributed by atoms with Gasteiger partial charge in [0.05, 0.1) is 11.2 Å². The monoisotopic (exact) mass is 420 g/mol. The van der Waals surface area contributed by atoms with Crippen LogP contribution in [-0.2, 0) is 4.79 Å². The first-order chi connectivity index (χ1) is 14.5. The molecule has 0 bridgehead atoms. The molecule has 2 aliphatic heterocycles. The number of pyridine rings is 1. The molecule has 3 aliphatic rings. The molecule has 1 atom stereocenters. The number of amides is 1. The molecule has 2 fully saturated rings. The molecule has 6 nitrogen and oxygen atoms in total. The summed E-state index contributed by atoms with van der Waals surface area (Å²) in [7, 11) is 0. The maximum absolute atomic E-state index is 12.6. The summed E-state index contributed by atoms with van der Waals surface area (Å²) in [5.74, 6) is 1.42. The standard InChI is InChI=1S/C23H24N4O2S/c1-13-12-24-20-19-15-2-5-18(27-8-6-23(7-9-27)10-14(28)11-23)26-16(15)3-4-17(19)30-21(20)22(29)25-13/h2-5,13,24H,6-12H2,1H3,(H,25,29). The van der Waals surface area contributed by atoms with Gasteiger partial charge in [-0.05, 0) is 49.4 Å². The quantitative estimate of drug-likeness (QED) is 0.624. The Labute approximate surface area is 178 Å². The van der Waals surface area contributed by atoms with E-state index in [-0.39, 0.29) is 17.4 Å². The molecule has 1 saturated carbocycles. The predicted octanol–water partition coefficient (Wildman–Crippen LogP) is 3.94. The summed E-state index contributed by atoms with van der Waals surface area (Å²) in [5, 5.41) is 8.71. The van der Waals surface area contributed by atoms with Crippen LogP contribution < -0.4 is 15.5 Å². The van der Waals surface area contributed by atoms with Crippen molar-refractivity contribution in [3.63, 3.8) is 0 Å². The third-order valence-electron chi connectivity index (χ3n) is 6.97. The summed E-state index contributed by atoms with van der Waals surface area (Å²) in [6.07, 6.45) is 3.69. The van der Waals surface area contributed by atoms with E-state index in [1.54, 1.807) is 0 Å². The highest BCUT2D eigenvalue weighted by molar-refractivity contribution is 7.21. The van der Waals surface area contributed by atoms with Gasteiger partial charge in [-0.3, -0.25) is 9.59 Å². The third-order valence-corrected chi connectivity index (χ3v) is 8.12. The van der Waals surface area contributed by atoms with E-state index in [1.165, 1.54) is 11.3 Å². The highest BCUT2D eigenvalue weighted by Crippen LogP contribution is 2.47. The van der Waals surface area contributed by atoms with Crippen molar-refractivity contribution in [1.29, 1.82) is 0 Å². The Balaban J connectivity index is 1.36. The molecule has 1 amide bonds. The van der Waals surface area contributed by atoms with Crippen molar-refractivity contribution in [1.82, 2.24) is 10.3 Å². The minimum absolute atomic E-state index is 0.00171. The first-order valence-electron chi connectivity index (χ1n) is 10.7. The number of nitrogens with one attached hydrogen (secondary N) is 2. The van der Waals surface area contributed by atoms with Crippen molar-refractivity contribution in [3.05, 3.63) is 29.1 Å². The Hall–Kier alpha value is -2.67. The molecular formula is C23H24N4O2S. The average molecular weight is 421 g/mol. The van der Waals surface area contributed by atoms with E-state index >= 15 is 0 Å². The lowest BCUT2D eigenvalue weighted by atomic mass is 9.62. The highest BCUT2D eigenvalue weighted by Gasteiger charge is 2.45. The van der Waals surface area contributed by atoms with Gasteiger partial charge in [0.25, 0.3) is 5.91 Å². The van der Waals surface area contributed by atoms with Crippen molar-refractivity contribution in [2.45, 2.75) is 38.6 Å². The van der Waals surface area contributed by atoms with Gasteiger partial charge < -0.3 is 15.5 Å². The maximum atomic E-state index is 12.6. The number of fused-ring (bicyclic) bond motifs is 5. The zero-order chi connectivity index (χ0) is 20.5. The normalized spacial score (nSPS) is 23.1. The molecule has 2 aromatic heterocycles. The maximum Gasteiger partial charge on any atom is 0.263 e. The largest absolute Gasteiger partial charge is 0.381 e. The van der Waals surface area contributed by atoms with Gasteiger partial charge in [-0.25, -0.2) is 4.98 Å². The summed E-state index contributed by atoms with van der Waals surface area (Å²) in [4.78, 5) is 32.1. The van der Waals surface area contributed by atoms with E-state index in [1.807, 2.05) is 6.92 Å². The minimum Gasteiger partial charge on any atom is -0.381 e. The van der Waals surface area contributed by atoms with Gasteiger partial charge >= 0.3 is 0 Å². The molecule has 1 saturated heterocycles. The predicted molar refractivity (Wildman–Crippen MR) is 121 cm³/mol. The number of piperidine rings is 1. The molecule has 4 heterocycles. The fourth-order valence-corrected chi connectivity index (χ4v) is 6.34. The van der Waals surface area contributed by atoms with Crippen LogP contribution in [0.4, 0.5) is 11.5 Å². The number of hydrogen-bond acceptors (Lipinski definition) is 6. The summed E-state index contributed by atoms with van der Waals surface area (Å²) < 4.78 is 1.11. The van der Waals surface area contributed by atoms with Crippen molar-refractivity contribution in [2.75, 3.05) is 29.9 Å². The number of nitrogens with zero attached hydrogens (tertiary/aromatic N) is 2. The fraction of sp³-hybridized carbons (Fsp3) is 0.435. The van der Waals surface area contributed by atoms with E-state index in [9.17, 15) is 9.59 Å². The van der Waals surface area contributed by atoms with Crippen LogP contribution in [-0.4, -0.2) is 42.4 Å². The van der Waals surface area contributed by atoms with Crippen LogP contribution in [0.15, 0.2) is 24.3 Å². The smallest absolute Gasteiger partial charge is 0.263 e. The summed E-state index contributed by atoms with van der Waals surface area (Å²) in [6.45, 7) is 4.64. The number of rotatable bonds is 1. The minimum atomic E-state index is -0.00171. The molecule has 3 aromatic rings. The molecule has 2 N–H and O–H groups in total. The van der Waals surface area contributed by atoms with Crippen LogP contribution in [0.25, 0.3) is 21.0 Å². The molecule has 1 unspecified atom stereocenters. The second-order valence-corrected chi connectivity index (χ2v) is 10.2. The van der Waals surface area contributed by atoms with E-state index < -0.39 is 0 Å². The van der Waals surface area contributed by atoms with E-state index in [0.29, 0.717) is 12.3 Å². The van der Waals surface area contributed by atoms with Crippen molar-refractivity contribution in [2.24, 2.45) is 5.41 Å². The SMILES string of the molecule is CC1CNc2c(sc3ccc4nc(N5CCC6(CC5)CC(=O)C6)ccc4c23)C(=O)N1. The lowest BCUT2D eigenvalue weighted by Crippen LogP contribution is -2.47. The van der Waals surface area contributed by atoms with Crippen molar-refractivity contribution < 1.29 is 9.59 Å². The molecular weight excluding hydrogens is 396 g/mol. The Kier molecular flexibility index (Phi) is 3.87. The second-order valence-electron chi connectivity index (χ2n) is 9.12. The van der Waals surface area contributed by atoms with E-state index in [0.717, 1.165) is 76.1 Å². The fourth-order valence-electron chi connectivity index (χ4n) is 5.24. The van der Waals surface area contributed by atoms with Crippen LogP contribution >= 0.6 is 11.3 Å². The number of carbonyl (C=O) groups excluding carboxylic acids is 2. The Bertz CT molecular complexity index is 1200. The molecule has 1 aliphatic carbocycles. The summed E-state index contributed by atoms with van der Waals surface area (Å²) in [5.41, 5.74) is 2.17. The second kappa shape index (κ2) is 6.41. The number of aromatic nitrogens is 1. The van der Waals surface area contributed by atoms with Gasteiger partial charge in [0.2, 0.25) is 0 Å². The van der Waals surface area contributed by atoms with Gasteiger partial charge in [0.1, 0.15) is 16.5 Å². The number of hydrogen-bond donors (Lipinski definition) is 2. The number of Topliss-reactive ketones (excluding diaryl/α,β-unsaturated/α-hetero) is 1. The summed E-state index contributed by atoms with van der Waals surface area (Å²) >= 11 is 1.54. The number of thiophene rings is 1. The van der Waals surface area contributed by atoms with Gasteiger partial charge in [-0.2, -0.15) is 0 Å². The van der Waals surface area contributed by atoms with Gasteiger partial charge in [0, 0.05) is 54.0 Å². The number of ketones is 1. The lowest BCUT2D eigenvalue weighted by molar-refractivity contribution is -0.133. The molecule has 1 spiro atoms. The molecule has 154 valence electrons. The summed E-state index contributed by atoms with van der Waals surface area (Å²) in [6, 6.07) is 8.50. The Morgan fingerprint density at radius 3 is 2.70 bits per heavy atom. The Morgan fingerprint density at radius 1 is 1.13 bits per heavy atom. The average Bonchev–Trinajstić information content (AvgIpc) is 3.04. The van der Waals surface area contributed by atoms with Gasteiger partial charge in [-0.15, -0.1) is 11.3 Å². The third kappa shape index (κ3) is 2.71. The van der Waals surface area contributed by atoms with Crippen LogP contribution in [0.2, 0.25) is 0 Å². The van der Waals surface area contributed by atoms with Crippen molar-refractivity contribution >= 4 is 55.5 Å². The molecule has 7 heteroatoms. The van der Waals surface area contributed by atoms with Gasteiger partial charge in [-0.1, -0.05) is 0 Å². The Morgan fingerprint density at radius 2 is 1.93 bits per heavy atom. The topological polar surface area (TPSA) is 74.3 Å². The van der Waals surface area contributed by atoms with Crippen LogP contribution in [0.1, 0.15) is 42.3 Å². The van der Waals surface area contributed by atoms with Crippen LogP contribution in [0, 0.1) is 5.41 Å². The van der Waals surface area contributed by atoms with Crippen LogP contribution in [0.3, 0.4) is 0 Å². The first kappa shape index (κ1) is 18.1. The van der Waals surface area contributed by atoms with E-state index in [2.05, 4.69) is 39.8 Å². The molecule has 6 rings (SSSR count). The van der Waals surface area contributed by atoms with Crippen LogP contribution in [0.5, 0.6) is 0 Å². The highest BCUT2D eigenvalue weighted by atomic mass is 32.1. The molecule has 0 radical (unpaired) electrons. The zero-order valence-corrected chi connectivity index (χ0v) is 17.8.